The van der Waals surface area contributed by atoms with E-state index in [2.05, 4.69) is 19.6 Å². The van der Waals surface area contributed by atoms with Crippen LogP contribution >= 0.6 is 12.6 Å². The number of thiol groups is 1. The highest BCUT2D eigenvalue weighted by Gasteiger charge is 2.24. The van der Waals surface area contributed by atoms with Gasteiger partial charge in [-0.25, -0.2) is 0 Å². The summed E-state index contributed by atoms with van der Waals surface area (Å²) in [4.78, 5) is 13.6. The normalized spacial score (nSPS) is 27.4. The highest BCUT2D eigenvalue weighted by atomic mass is 32.1. The van der Waals surface area contributed by atoms with E-state index in [0.29, 0.717) is 18.2 Å². The Kier molecular flexibility index (Phi) is 4.79. The lowest BCUT2D eigenvalue weighted by Crippen LogP contribution is -2.39. The second-order valence-corrected chi connectivity index (χ2v) is 4.85. The van der Waals surface area contributed by atoms with Gasteiger partial charge in [0.15, 0.2) is 0 Å². The van der Waals surface area contributed by atoms with E-state index in [1.165, 1.54) is 25.7 Å². The summed E-state index contributed by atoms with van der Waals surface area (Å²) in [6.07, 6.45) is 5.52. The van der Waals surface area contributed by atoms with Gasteiger partial charge in [-0.2, -0.15) is 12.6 Å². The van der Waals surface area contributed by atoms with E-state index in [-0.39, 0.29) is 5.91 Å². The highest BCUT2D eigenvalue weighted by molar-refractivity contribution is 7.80. The quantitative estimate of drug-likeness (QED) is 0.717. The molecule has 14 heavy (non-hydrogen) atoms. The van der Waals surface area contributed by atoms with Crippen molar-refractivity contribution in [1.82, 2.24) is 4.90 Å². The second-order valence-electron chi connectivity index (χ2n) is 4.40. The van der Waals surface area contributed by atoms with Crippen molar-refractivity contribution in [2.24, 2.45) is 5.92 Å². The Bertz CT molecular complexity index is 196. The summed E-state index contributed by atoms with van der Waals surface area (Å²) in [5.74, 6) is 1.69. The van der Waals surface area contributed by atoms with Crippen molar-refractivity contribution in [2.75, 3.05) is 12.8 Å². The van der Waals surface area contributed by atoms with Gasteiger partial charge in [-0.15, -0.1) is 0 Å². The van der Waals surface area contributed by atoms with Gasteiger partial charge in [-0.1, -0.05) is 19.8 Å². The Morgan fingerprint density at radius 3 is 2.79 bits per heavy atom. The van der Waals surface area contributed by atoms with Gasteiger partial charge < -0.3 is 4.90 Å². The SMILES string of the molecule is CC1CCCC(N(C)C(=O)CCS)C1. The van der Waals surface area contributed by atoms with Crippen molar-refractivity contribution in [2.45, 2.75) is 45.1 Å². The van der Waals surface area contributed by atoms with Gasteiger partial charge in [-0.05, 0) is 24.5 Å². The van der Waals surface area contributed by atoms with Crippen LogP contribution in [0.4, 0.5) is 0 Å². The van der Waals surface area contributed by atoms with Crippen molar-refractivity contribution in [3.63, 3.8) is 0 Å². The lowest BCUT2D eigenvalue weighted by atomic mass is 9.86. The van der Waals surface area contributed by atoms with Crippen LogP contribution in [0.2, 0.25) is 0 Å². The fourth-order valence-electron chi connectivity index (χ4n) is 2.23. The van der Waals surface area contributed by atoms with Gasteiger partial charge in [-0.3, -0.25) is 4.79 Å². The summed E-state index contributed by atoms with van der Waals surface area (Å²) in [6, 6.07) is 0.478. The predicted octanol–water partition coefficient (Wildman–Crippen LogP) is 2.34. The van der Waals surface area contributed by atoms with Gasteiger partial charge in [0.2, 0.25) is 5.91 Å². The minimum absolute atomic E-state index is 0.249. The van der Waals surface area contributed by atoms with Gasteiger partial charge in [0.1, 0.15) is 0 Å². The zero-order valence-electron chi connectivity index (χ0n) is 9.20. The molecule has 0 aromatic heterocycles. The van der Waals surface area contributed by atoms with Crippen LogP contribution in [0, 0.1) is 5.92 Å². The minimum atomic E-state index is 0.249. The van der Waals surface area contributed by atoms with Crippen LogP contribution in [0.1, 0.15) is 39.0 Å². The van der Waals surface area contributed by atoms with E-state index in [9.17, 15) is 4.79 Å². The zero-order valence-corrected chi connectivity index (χ0v) is 10.1. The highest BCUT2D eigenvalue weighted by Crippen LogP contribution is 2.26. The van der Waals surface area contributed by atoms with E-state index in [1.807, 2.05) is 11.9 Å². The first-order valence-corrected chi connectivity index (χ1v) is 6.15. The summed E-state index contributed by atoms with van der Waals surface area (Å²) < 4.78 is 0. The van der Waals surface area contributed by atoms with Gasteiger partial charge in [0.25, 0.3) is 0 Å². The molecule has 1 aliphatic carbocycles. The maximum atomic E-state index is 11.6. The first-order valence-electron chi connectivity index (χ1n) is 5.51. The van der Waals surface area contributed by atoms with Crippen molar-refractivity contribution in [3.05, 3.63) is 0 Å². The van der Waals surface area contributed by atoms with Crippen LogP contribution in [-0.2, 0) is 4.79 Å². The Balaban J connectivity index is 2.42. The first kappa shape index (κ1) is 11.9. The van der Waals surface area contributed by atoms with E-state index in [4.69, 9.17) is 0 Å². The average Bonchev–Trinajstić information content (AvgIpc) is 2.17. The Morgan fingerprint density at radius 2 is 2.21 bits per heavy atom. The lowest BCUT2D eigenvalue weighted by molar-refractivity contribution is -0.132. The van der Waals surface area contributed by atoms with E-state index in [1.54, 1.807) is 0 Å². The molecule has 0 aliphatic heterocycles. The first-order chi connectivity index (χ1) is 6.65. The van der Waals surface area contributed by atoms with E-state index < -0.39 is 0 Å². The number of hydrogen-bond donors (Lipinski definition) is 1. The van der Waals surface area contributed by atoms with Crippen LogP contribution < -0.4 is 0 Å². The van der Waals surface area contributed by atoms with Crippen LogP contribution in [0.5, 0.6) is 0 Å². The molecule has 0 bridgehead atoms. The third kappa shape index (κ3) is 3.19. The predicted molar refractivity (Wildman–Crippen MR) is 62.7 cm³/mol. The van der Waals surface area contributed by atoms with Crippen LogP contribution in [-0.4, -0.2) is 29.6 Å². The van der Waals surface area contributed by atoms with Crippen molar-refractivity contribution in [1.29, 1.82) is 0 Å². The number of carbonyl (C=O) groups excluding carboxylic acids is 1. The maximum Gasteiger partial charge on any atom is 0.223 e. The summed E-state index contributed by atoms with van der Waals surface area (Å²) in [6.45, 7) is 2.28. The molecule has 0 radical (unpaired) electrons. The molecule has 1 saturated carbocycles. The molecule has 0 N–H and O–H groups in total. The molecule has 2 unspecified atom stereocenters. The standard InChI is InChI=1S/C11H21NOS/c1-9-4-3-5-10(8-9)12(2)11(13)6-7-14/h9-10,14H,3-8H2,1-2H3. The molecular formula is C11H21NOS. The van der Waals surface area contributed by atoms with Gasteiger partial charge in [0, 0.05) is 19.5 Å². The van der Waals surface area contributed by atoms with E-state index >= 15 is 0 Å². The molecule has 0 spiro atoms. The fourth-order valence-corrected chi connectivity index (χ4v) is 2.42. The van der Waals surface area contributed by atoms with E-state index in [0.717, 1.165) is 5.92 Å². The Morgan fingerprint density at radius 1 is 1.50 bits per heavy atom. The molecule has 82 valence electrons. The fraction of sp³-hybridized carbons (Fsp3) is 0.909. The minimum Gasteiger partial charge on any atom is -0.343 e. The molecule has 2 atom stereocenters. The molecule has 3 heteroatoms. The lowest BCUT2D eigenvalue weighted by Gasteiger charge is -2.34. The summed E-state index contributed by atoms with van der Waals surface area (Å²) in [5, 5.41) is 0. The average molecular weight is 215 g/mol. The molecule has 1 amide bonds. The molecule has 0 heterocycles. The monoisotopic (exact) mass is 215 g/mol. The molecular weight excluding hydrogens is 194 g/mol. The Hall–Kier alpha value is -0.180. The molecule has 1 aliphatic rings. The van der Waals surface area contributed by atoms with Crippen LogP contribution in [0.25, 0.3) is 0 Å². The molecule has 2 nitrogen and oxygen atoms in total. The largest absolute Gasteiger partial charge is 0.343 e. The number of carbonyl (C=O) groups is 1. The Labute approximate surface area is 92.5 Å². The van der Waals surface area contributed by atoms with Crippen molar-refractivity contribution >= 4 is 18.5 Å². The molecule has 1 rings (SSSR count). The second kappa shape index (κ2) is 5.64. The maximum absolute atomic E-state index is 11.6. The summed E-state index contributed by atoms with van der Waals surface area (Å²) in [7, 11) is 1.94. The third-order valence-electron chi connectivity index (χ3n) is 3.18. The molecule has 0 saturated heterocycles. The van der Waals surface area contributed by atoms with Crippen molar-refractivity contribution in [3.8, 4) is 0 Å². The topological polar surface area (TPSA) is 20.3 Å². The van der Waals surface area contributed by atoms with Crippen LogP contribution in [0.3, 0.4) is 0 Å². The summed E-state index contributed by atoms with van der Waals surface area (Å²) >= 11 is 4.09. The number of nitrogens with zero attached hydrogens (tertiary/aromatic N) is 1. The molecule has 0 aromatic rings. The number of rotatable bonds is 3. The van der Waals surface area contributed by atoms with Crippen molar-refractivity contribution < 1.29 is 4.79 Å². The molecule has 1 fully saturated rings. The number of hydrogen-bond acceptors (Lipinski definition) is 2. The zero-order chi connectivity index (χ0) is 10.6. The smallest absolute Gasteiger partial charge is 0.223 e. The van der Waals surface area contributed by atoms with Gasteiger partial charge >= 0.3 is 0 Å². The van der Waals surface area contributed by atoms with Gasteiger partial charge in [0.05, 0.1) is 0 Å². The summed E-state index contributed by atoms with van der Waals surface area (Å²) in [5.41, 5.74) is 0. The number of amides is 1. The molecule has 0 aromatic carbocycles. The van der Waals surface area contributed by atoms with Crippen LogP contribution in [0.15, 0.2) is 0 Å². The third-order valence-corrected chi connectivity index (χ3v) is 3.40.